The van der Waals surface area contributed by atoms with Crippen molar-refractivity contribution < 1.29 is 28.3 Å². The van der Waals surface area contributed by atoms with Gasteiger partial charge < -0.3 is 18.9 Å². The smallest absolute Gasteiger partial charge is 0.358 e. The van der Waals surface area contributed by atoms with Gasteiger partial charge in [0.05, 0.1) is 12.5 Å². The van der Waals surface area contributed by atoms with Gasteiger partial charge in [0.2, 0.25) is 0 Å². The fraction of sp³-hybridized carbons (Fsp3) is 0.909. The minimum absolute atomic E-state index is 0.278. The van der Waals surface area contributed by atoms with Crippen molar-refractivity contribution in [2.75, 3.05) is 20.8 Å². The van der Waals surface area contributed by atoms with Gasteiger partial charge in [0, 0.05) is 20.1 Å². The van der Waals surface area contributed by atoms with Crippen LogP contribution < -0.4 is 0 Å². The molecule has 18 heavy (non-hydrogen) atoms. The van der Waals surface area contributed by atoms with Gasteiger partial charge in [0.15, 0.2) is 5.85 Å². The zero-order chi connectivity index (χ0) is 14.1. The molecule has 1 rings (SSSR count). The van der Waals surface area contributed by atoms with Crippen molar-refractivity contribution >= 4 is 13.6 Å². The lowest BCUT2D eigenvalue weighted by atomic mass is 10.1. The summed E-state index contributed by atoms with van der Waals surface area (Å²) in [6.45, 7) is 5.63. The maximum atomic E-state index is 12.1. The Balaban J connectivity index is 2.86. The average molecular weight is 280 g/mol. The van der Waals surface area contributed by atoms with Crippen LogP contribution in [0.25, 0.3) is 0 Å². The Bertz CT molecular complexity index is 359. The highest BCUT2D eigenvalue weighted by Gasteiger charge is 2.68. The maximum absolute atomic E-state index is 12.1. The van der Waals surface area contributed by atoms with Crippen LogP contribution in [-0.2, 0) is 23.1 Å². The minimum Gasteiger partial charge on any atom is -0.466 e. The Morgan fingerprint density at radius 2 is 1.89 bits per heavy atom. The lowest BCUT2D eigenvalue weighted by Gasteiger charge is -2.20. The lowest BCUT2D eigenvalue weighted by Crippen LogP contribution is -2.17. The summed E-state index contributed by atoms with van der Waals surface area (Å²) in [7, 11) is -1.17. The van der Waals surface area contributed by atoms with Crippen LogP contribution in [0, 0.1) is 17.3 Å². The number of aliphatic hydroxyl groups excluding tert-OH is 1. The summed E-state index contributed by atoms with van der Waals surface area (Å²) in [6, 6.07) is 0. The van der Waals surface area contributed by atoms with Crippen molar-refractivity contribution in [3.05, 3.63) is 0 Å². The van der Waals surface area contributed by atoms with Gasteiger partial charge in [0.1, 0.15) is 0 Å². The second kappa shape index (κ2) is 5.29. The van der Waals surface area contributed by atoms with E-state index < -0.39 is 30.7 Å². The van der Waals surface area contributed by atoms with Crippen LogP contribution in [0.4, 0.5) is 0 Å². The van der Waals surface area contributed by atoms with Gasteiger partial charge in [-0.3, -0.25) is 9.36 Å². The van der Waals surface area contributed by atoms with Gasteiger partial charge in [-0.25, -0.2) is 0 Å². The third-order valence-corrected chi connectivity index (χ3v) is 5.59. The summed E-state index contributed by atoms with van der Waals surface area (Å²) >= 11 is 0. The van der Waals surface area contributed by atoms with E-state index in [1.54, 1.807) is 6.92 Å². The van der Waals surface area contributed by atoms with Gasteiger partial charge in [-0.1, -0.05) is 13.8 Å². The molecule has 0 aromatic rings. The molecule has 1 fully saturated rings. The highest BCUT2D eigenvalue weighted by molar-refractivity contribution is 7.54. The third-order valence-electron chi connectivity index (χ3n) is 3.61. The minimum atomic E-state index is -3.59. The van der Waals surface area contributed by atoms with E-state index in [9.17, 15) is 14.5 Å². The molecule has 0 aromatic carbocycles. The first-order valence-electron chi connectivity index (χ1n) is 5.82. The van der Waals surface area contributed by atoms with E-state index in [1.165, 1.54) is 14.2 Å². The van der Waals surface area contributed by atoms with Crippen LogP contribution in [0.1, 0.15) is 20.8 Å². The van der Waals surface area contributed by atoms with Crippen LogP contribution in [0.15, 0.2) is 0 Å². The molecular weight excluding hydrogens is 259 g/mol. The first-order chi connectivity index (χ1) is 8.26. The van der Waals surface area contributed by atoms with Crippen molar-refractivity contribution in [1.82, 2.24) is 0 Å². The molecule has 0 saturated heterocycles. The van der Waals surface area contributed by atoms with Crippen molar-refractivity contribution in [3.8, 4) is 0 Å². The van der Waals surface area contributed by atoms with Crippen LogP contribution in [0.2, 0.25) is 0 Å². The van der Waals surface area contributed by atoms with Crippen molar-refractivity contribution in [2.24, 2.45) is 17.3 Å². The molecule has 0 spiro atoms. The first-order valence-corrected chi connectivity index (χ1v) is 7.43. The zero-order valence-corrected chi connectivity index (χ0v) is 12.3. The van der Waals surface area contributed by atoms with Crippen molar-refractivity contribution in [2.45, 2.75) is 26.6 Å². The summed E-state index contributed by atoms with van der Waals surface area (Å²) in [5.74, 6) is -2.67. The van der Waals surface area contributed by atoms with E-state index in [0.29, 0.717) is 0 Å². The van der Waals surface area contributed by atoms with Gasteiger partial charge in [0.25, 0.3) is 0 Å². The second-order valence-electron chi connectivity index (χ2n) is 4.90. The molecule has 3 atom stereocenters. The fourth-order valence-corrected chi connectivity index (χ4v) is 3.93. The van der Waals surface area contributed by atoms with E-state index >= 15 is 0 Å². The van der Waals surface area contributed by atoms with Crippen molar-refractivity contribution in [1.29, 1.82) is 0 Å². The molecule has 7 heteroatoms. The largest absolute Gasteiger partial charge is 0.466 e. The molecule has 0 heterocycles. The van der Waals surface area contributed by atoms with Crippen LogP contribution in [0.3, 0.4) is 0 Å². The Kier molecular flexibility index (Phi) is 4.60. The summed E-state index contributed by atoms with van der Waals surface area (Å²) in [5.41, 5.74) is -0.474. The molecule has 0 aliphatic heterocycles. The SMILES string of the molecule is CCOC(=O)C1C(C(O)P(=O)(OC)OC)C1(C)C. The Labute approximate surface area is 107 Å². The van der Waals surface area contributed by atoms with E-state index in [4.69, 9.17) is 13.8 Å². The molecule has 1 aliphatic rings. The van der Waals surface area contributed by atoms with E-state index in [0.717, 1.165) is 0 Å². The normalized spacial score (nSPS) is 27.7. The fourth-order valence-electron chi connectivity index (χ4n) is 2.40. The van der Waals surface area contributed by atoms with E-state index in [2.05, 4.69) is 0 Å². The lowest BCUT2D eigenvalue weighted by molar-refractivity contribution is -0.145. The third kappa shape index (κ3) is 2.48. The summed E-state index contributed by atoms with van der Waals surface area (Å²) in [6.07, 6.45) is 0. The number of aliphatic hydroxyl groups is 1. The first kappa shape index (κ1) is 15.6. The number of esters is 1. The summed E-state index contributed by atoms with van der Waals surface area (Å²) < 4.78 is 26.6. The maximum Gasteiger partial charge on any atom is 0.358 e. The zero-order valence-electron chi connectivity index (χ0n) is 11.4. The summed E-state index contributed by atoms with van der Waals surface area (Å²) in [4.78, 5) is 11.7. The Hall–Kier alpha value is -0.420. The van der Waals surface area contributed by atoms with Gasteiger partial charge in [-0.15, -0.1) is 0 Å². The molecule has 0 bridgehead atoms. The number of carbonyl (C=O) groups is 1. The predicted octanol–water partition coefficient (Wildman–Crippen LogP) is 1.63. The number of carbonyl (C=O) groups excluding carboxylic acids is 1. The Morgan fingerprint density at radius 3 is 2.28 bits per heavy atom. The molecular formula is C11H21O6P. The van der Waals surface area contributed by atoms with E-state index in [1.807, 2.05) is 13.8 Å². The molecule has 1 N–H and O–H groups in total. The monoisotopic (exact) mass is 280 g/mol. The number of rotatable bonds is 6. The highest BCUT2D eigenvalue weighted by Crippen LogP contribution is 2.68. The predicted molar refractivity (Wildman–Crippen MR) is 65.0 cm³/mol. The van der Waals surface area contributed by atoms with Crippen LogP contribution >= 0.6 is 7.60 Å². The standard InChI is InChI=1S/C11H21O6P/c1-6-17-9(12)7-8(11(7,2)3)10(13)18(14,15-4)16-5/h7-8,10,13H,6H2,1-5H3. The van der Waals surface area contributed by atoms with Crippen molar-refractivity contribution in [3.63, 3.8) is 0 Å². The molecule has 1 aliphatic carbocycles. The summed E-state index contributed by atoms with van der Waals surface area (Å²) in [5, 5.41) is 10.1. The molecule has 3 unspecified atom stereocenters. The topological polar surface area (TPSA) is 82.1 Å². The molecule has 0 aromatic heterocycles. The molecule has 6 nitrogen and oxygen atoms in total. The van der Waals surface area contributed by atoms with Crippen LogP contribution in [-0.4, -0.2) is 37.7 Å². The van der Waals surface area contributed by atoms with Gasteiger partial charge >= 0.3 is 13.6 Å². The van der Waals surface area contributed by atoms with Gasteiger partial charge in [-0.05, 0) is 12.3 Å². The molecule has 1 saturated carbocycles. The highest BCUT2D eigenvalue weighted by atomic mass is 31.2. The van der Waals surface area contributed by atoms with Crippen LogP contribution in [0.5, 0.6) is 0 Å². The molecule has 0 amide bonds. The molecule has 0 radical (unpaired) electrons. The number of ether oxygens (including phenoxy) is 1. The number of hydrogen-bond donors (Lipinski definition) is 1. The second-order valence-corrected chi connectivity index (χ2v) is 7.23. The number of hydrogen-bond acceptors (Lipinski definition) is 6. The quantitative estimate of drug-likeness (QED) is 0.588. The van der Waals surface area contributed by atoms with E-state index in [-0.39, 0.29) is 12.6 Å². The average Bonchev–Trinajstić information content (AvgIpc) is 2.90. The Morgan fingerprint density at radius 1 is 1.39 bits per heavy atom. The van der Waals surface area contributed by atoms with Gasteiger partial charge in [-0.2, -0.15) is 0 Å². The molecule has 106 valence electrons.